The molecule has 2 aromatic carbocycles. The first kappa shape index (κ1) is 22.2. The van der Waals surface area contributed by atoms with Gasteiger partial charge in [0.1, 0.15) is 12.4 Å². The summed E-state index contributed by atoms with van der Waals surface area (Å²) < 4.78 is 46.4. The van der Waals surface area contributed by atoms with Crippen molar-refractivity contribution in [1.82, 2.24) is 14.8 Å². The third-order valence-corrected chi connectivity index (χ3v) is 5.49. The highest BCUT2D eigenvalue weighted by atomic mass is 35.5. The molecule has 0 unspecified atom stereocenters. The minimum absolute atomic E-state index is 0.188. The molecule has 0 aliphatic rings. The molecule has 0 spiro atoms. The summed E-state index contributed by atoms with van der Waals surface area (Å²) in [4.78, 5) is 0. The number of hydrogen-bond donors (Lipinski definition) is 0. The van der Waals surface area contributed by atoms with Gasteiger partial charge in [-0.25, -0.2) is 0 Å². The van der Waals surface area contributed by atoms with Crippen LogP contribution in [0.15, 0.2) is 60.3 Å². The minimum Gasteiger partial charge on any atom is -0.485 e. The van der Waals surface area contributed by atoms with Crippen LogP contribution >= 0.6 is 23.4 Å². The first-order chi connectivity index (χ1) is 14.3. The molecule has 158 valence electrons. The maximum Gasteiger partial charge on any atom is 0.416 e. The van der Waals surface area contributed by atoms with Gasteiger partial charge in [0.05, 0.1) is 5.56 Å². The molecule has 0 aliphatic carbocycles. The maximum absolute atomic E-state index is 12.9. The molecule has 0 saturated carbocycles. The molecule has 1 aromatic heterocycles. The van der Waals surface area contributed by atoms with Crippen LogP contribution in [-0.2, 0) is 25.1 Å². The summed E-state index contributed by atoms with van der Waals surface area (Å²) in [5.74, 6) is 1.61. The smallest absolute Gasteiger partial charge is 0.416 e. The van der Waals surface area contributed by atoms with E-state index in [0.717, 1.165) is 17.7 Å². The van der Waals surface area contributed by atoms with E-state index in [4.69, 9.17) is 16.3 Å². The van der Waals surface area contributed by atoms with Gasteiger partial charge in [0, 0.05) is 17.3 Å². The van der Waals surface area contributed by atoms with Gasteiger partial charge in [0.25, 0.3) is 0 Å². The van der Waals surface area contributed by atoms with E-state index < -0.39 is 11.7 Å². The monoisotopic (exact) mass is 453 g/mol. The SMILES string of the molecule is C=CCn1c(COc2ccc(Cl)cc2C)nnc1SCc1cccc(C(F)(F)F)c1. The van der Waals surface area contributed by atoms with Crippen molar-refractivity contribution >= 4 is 23.4 Å². The number of aryl methyl sites for hydroxylation is 1. The van der Waals surface area contributed by atoms with E-state index in [1.165, 1.54) is 17.8 Å². The Bertz CT molecular complexity index is 1040. The van der Waals surface area contributed by atoms with Crippen LogP contribution in [0.25, 0.3) is 0 Å². The molecular weight excluding hydrogens is 435 g/mol. The highest BCUT2D eigenvalue weighted by Crippen LogP contribution is 2.31. The molecule has 0 aliphatic heterocycles. The molecule has 9 heteroatoms. The second-order valence-electron chi connectivity index (χ2n) is 6.48. The molecule has 0 saturated heterocycles. The molecule has 0 fully saturated rings. The summed E-state index contributed by atoms with van der Waals surface area (Å²) in [5.41, 5.74) is 0.787. The van der Waals surface area contributed by atoms with Gasteiger partial charge < -0.3 is 4.74 Å². The van der Waals surface area contributed by atoms with Crippen molar-refractivity contribution in [3.8, 4) is 5.75 Å². The normalized spacial score (nSPS) is 11.5. The zero-order chi connectivity index (χ0) is 21.7. The average molecular weight is 454 g/mol. The third-order valence-electron chi connectivity index (χ3n) is 4.22. The van der Waals surface area contributed by atoms with Crippen LogP contribution in [0.4, 0.5) is 13.2 Å². The quantitative estimate of drug-likeness (QED) is 0.296. The van der Waals surface area contributed by atoms with Gasteiger partial charge in [-0.3, -0.25) is 4.57 Å². The number of ether oxygens (including phenoxy) is 1. The van der Waals surface area contributed by atoms with E-state index in [0.29, 0.717) is 39.6 Å². The zero-order valence-corrected chi connectivity index (χ0v) is 17.7. The lowest BCUT2D eigenvalue weighted by Crippen LogP contribution is -2.08. The van der Waals surface area contributed by atoms with Gasteiger partial charge in [-0.2, -0.15) is 13.2 Å². The summed E-state index contributed by atoms with van der Waals surface area (Å²) in [6.45, 7) is 6.29. The molecule has 1 heterocycles. The summed E-state index contributed by atoms with van der Waals surface area (Å²) in [5, 5.41) is 9.56. The Morgan fingerprint density at radius 1 is 1.20 bits per heavy atom. The molecular formula is C21H19ClF3N3OS. The number of nitrogens with zero attached hydrogens (tertiary/aromatic N) is 3. The van der Waals surface area contributed by atoms with E-state index in [1.54, 1.807) is 24.3 Å². The van der Waals surface area contributed by atoms with Gasteiger partial charge in [-0.1, -0.05) is 47.6 Å². The molecule has 3 aromatic rings. The van der Waals surface area contributed by atoms with E-state index in [1.807, 2.05) is 17.6 Å². The Kier molecular flexibility index (Phi) is 7.10. The highest BCUT2D eigenvalue weighted by molar-refractivity contribution is 7.98. The van der Waals surface area contributed by atoms with E-state index in [9.17, 15) is 13.2 Å². The lowest BCUT2D eigenvalue weighted by Gasteiger charge is -2.11. The predicted molar refractivity (Wildman–Crippen MR) is 112 cm³/mol. The fraction of sp³-hybridized carbons (Fsp3) is 0.238. The van der Waals surface area contributed by atoms with Crippen LogP contribution in [0.5, 0.6) is 5.75 Å². The van der Waals surface area contributed by atoms with Gasteiger partial charge in [0.2, 0.25) is 0 Å². The first-order valence-electron chi connectivity index (χ1n) is 8.99. The third kappa shape index (κ3) is 5.58. The van der Waals surface area contributed by atoms with Gasteiger partial charge in [-0.15, -0.1) is 16.8 Å². The highest BCUT2D eigenvalue weighted by Gasteiger charge is 2.30. The van der Waals surface area contributed by atoms with Gasteiger partial charge >= 0.3 is 6.18 Å². The Hall–Kier alpha value is -2.45. The Labute approximate surface area is 181 Å². The molecule has 3 rings (SSSR count). The average Bonchev–Trinajstić information content (AvgIpc) is 3.07. The van der Waals surface area contributed by atoms with Crippen molar-refractivity contribution in [3.63, 3.8) is 0 Å². The Balaban J connectivity index is 1.72. The molecule has 30 heavy (non-hydrogen) atoms. The number of benzene rings is 2. The van der Waals surface area contributed by atoms with Crippen molar-refractivity contribution in [1.29, 1.82) is 0 Å². The van der Waals surface area contributed by atoms with Crippen LogP contribution in [0.2, 0.25) is 5.02 Å². The summed E-state index contributed by atoms with van der Waals surface area (Å²) >= 11 is 7.27. The predicted octanol–water partition coefficient (Wildman–Crippen LogP) is 6.32. The summed E-state index contributed by atoms with van der Waals surface area (Å²) in [7, 11) is 0. The number of aromatic nitrogens is 3. The first-order valence-corrected chi connectivity index (χ1v) is 10.3. The summed E-state index contributed by atoms with van der Waals surface area (Å²) in [6.07, 6.45) is -2.66. The van der Waals surface area contributed by atoms with E-state index in [-0.39, 0.29) is 6.61 Å². The molecule has 0 amide bonds. The van der Waals surface area contributed by atoms with Crippen LogP contribution in [-0.4, -0.2) is 14.8 Å². The fourth-order valence-corrected chi connectivity index (χ4v) is 3.88. The maximum atomic E-state index is 12.9. The minimum atomic E-state index is -4.37. The second kappa shape index (κ2) is 9.57. The largest absolute Gasteiger partial charge is 0.485 e. The van der Waals surface area contributed by atoms with Crippen molar-refractivity contribution in [3.05, 3.63) is 82.7 Å². The number of halogens is 4. The van der Waals surface area contributed by atoms with Crippen molar-refractivity contribution in [2.24, 2.45) is 0 Å². The molecule has 0 atom stereocenters. The number of alkyl halides is 3. The van der Waals surface area contributed by atoms with Crippen LogP contribution < -0.4 is 4.74 Å². The van der Waals surface area contributed by atoms with Gasteiger partial charge in [-0.05, 0) is 42.3 Å². The number of allylic oxidation sites excluding steroid dienone is 1. The van der Waals surface area contributed by atoms with Crippen LogP contribution in [0, 0.1) is 6.92 Å². The van der Waals surface area contributed by atoms with E-state index >= 15 is 0 Å². The lowest BCUT2D eigenvalue weighted by atomic mass is 10.1. The number of hydrogen-bond acceptors (Lipinski definition) is 4. The molecule has 4 nitrogen and oxygen atoms in total. The number of rotatable bonds is 8. The fourth-order valence-electron chi connectivity index (χ4n) is 2.75. The van der Waals surface area contributed by atoms with Crippen molar-refractivity contribution in [2.75, 3.05) is 0 Å². The van der Waals surface area contributed by atoms with Crippen LogP contribution in [0.1, 0.15) is 22.5 Å². The Morgan fingerprint density at radius 2 is 2.00 bits per heavy atom. The summed E-state index contributed by atoms with van der Waals surface area (Å²) in [6, 6.07) is 10.6. The van der Waals surface area contributed by atoms with E-state index in [2.05, 4.69) is 16.8 Å². The standard InChI is InChI=1S/C21H19ClF3N3OS/c1-3-9-28-19(12-29-18-8-7-17(22)10-14(18)2)26-27-20(28)30-13-15-5-4-6-16(11-15)21(23,24)25/h3-8,10-11H,1,9,12-13H2,2H3. The Morgan fingerprint density at radius 3 is 2.70 bits per heavy atom. The van der Waals surface area contributed by atoms with Crippen LogP contribution in [0.3, 0.4) is 0 Å². The zero-order valence-electron chi connectivity index (χ0n) is 16.1. The van der Waals surface area contributed by atoms with Crippen molar-refractivity contribution in [2.45, 2.75) is 37.2 Å². The van der Waals surface area contributed by atoms with Crippen molar-refractivity contribution < 1.29 is 17.9 Å². The lowest BCUT2D eigenvalue weighted by molar-refractivity contribution is -0.137. The molecule has 0 N–H and O–H groups in total. The molecule has 0 bridgehead atoms. The molecule has 0 radical (unpaired) electrons. The second-order valence-corrected chi connectivity index (χ2v) is 7.86. The number of thioether (sulfide) groups is 1. The topological polar surface area (TPSA) is 39.9 Å². The van der Waals surface area contributed by atoms with Gasteiger partial charge in [0.15, 0.2) is 11.0 Å².